The molecule has 0 aromatic carbocycles. The van der Waals surface area contributed by atoms with Crippen molar-refractivity contribution in [2.45, 2.75) is 44.8 Å². The van der Waals surface area contributed by atoms with Gasteiger partial charge in [-0.05, 0) is 20.8 Å². The van der Waals surface area contributed by atoms with Gasteiger partial charge in [0.25, 0.3) is 0 Å². The molecule has 1 amide bonds. The molecule has 0 aromatic rings. The lowest BCUT2D eigenvalue weighted by Gasteiger charge is -2.49. The summed E-state index contributed by atoms with van der Waals surface area (Å²) < 4.78 is 9.77. The second kappa shape index (κ2) is 6.95. The number of likely N-dealkylation sites (tertiary alicyclic amines) is 1. The molecule has 0 atom stereocenters. The first-order valence-corrected chi connectivity index (χ1v) is 7.08. The van der Waals surface area contributed by atoms with Crippen molar-refractivity contribution in [2.75, 3.05) is 26.7 Å². The third-order valence-corrected chi connectivity index (χ3v) is 3.19. The van der Waals surface area contributed by atoms with E-state index in [1.54, 1.807) is 20.8 Å². The monoisotopic (exact) mass is 316 g/mol. The highest BCUT2D eigenvalue weighted by atomic mass is 16.6. The van der Waals surface area contributed by atoms with Crippen LogP contribution in [0.2, 0.25) is 0 Å². The second-order valence-corrected chi connectivity index (χ2v) is 6.44. The molecule has 2 N–H and O–H groups in total. The highest BCUT2D eigenvalue weighted by Gasteiger charge is 2.47. The molecule has 1 rings (SSSR count). The number of rotatable bonds is 6. The van der Waals surface area contributed by atoms with Crippen LogP contribution in [0, 0.1) is 0 Å². The van der Waals surface area contributed by atoms with E-state index in [4.69, 9.17) is 9.84 Å². The Morgan fingerprint density at radius 1 is 1.27 bits per heavy atom. The third-order valence-electron chi connectivity index (χ3n) is 3.19. The van der Waals surface area contributed by atoms with E-state index in [0.717, 1.165) is 0 Å². The predicted octanol–water partition coefficient (Wildman–Crippen LogP) is 0.603. The molecule has 0 aromatic heterocycles. The second-order valence-electron chi connectivity index (χ2n) is 6.44. The number of methoxy groups -OCH3 is 1. The molecule has 22 heavy (non-hydrogen) atoms. The molecular weight excluding hydrogens is 292 g/mol. The predicted molar refractivity (Wildman–Crippen MR) is 77.4 cm³/mol. The van der Waals surface area contributed by atoms with Crippen molar-refractivity contribution in [2.24, 2.45) is 0 Å². The van der Waals surface area contributed by atoms with Gasteiger partial charge in [-0.15, -0.1) is 0 Å². The summed E-state index contributed by atoms with van der Waals surface area (Å²) in [4.78, 5) is 35.4. The smallest absolute Gasteiger partial charge is 0.410 e. The number of aliphatic carboxylic acids is 1. The molecule has 0 spiro atoms. The van der Waals surface area contributed by atoms with Gasteiger partial charge >= 0.3 is 18.0 Å². The number of nitrogens with one attached hydrogen (secondary N) is 1. The summed E-state index contributed by atoms with van der Waals surface area (Å²) in [7, 11) is 1.29. The lowest BCUT2D eigenvalue weighted by Crippen LogP contribution is -2.71. The summed E-state index contributed by atoms with van der Waals surface area (Å²) >= 11 is 0. The van der Waals surface area contributed by atoms with E-state index in [-0.39, 0.29) is 31.9 Å². The fraction of sp³-hybridized carbons (Fsp3) is 0.786. The number of hydrogen-bond acceptors (Lipinski definition) is 6. The van der Waals surface area contributed by atoms with Crippen molar-refractivity contribution < 1.29 is 29.0 Å². The molecule has 0 aliphatic carbocycles. The minimum absolute atomic E-state index is 0.131. The maximum Gasteiger partial charge on any atom is 0.410 e. The Hall–Kier alpha value is -1.83. The summed E-state index contributed by atoms with van der Waals surface area (Å²) in [6.45, 7) is 6.06. The van der Waals surface area contributed by atoms with Crippen molar-refractivity contribution in [3.05, 3.63) is 0 Å². The number of ether oxygens (including phenoxy) is 2. The number of carboxylic acids is 1. The van der Waals surface area contributed by atoms with Gasteiger partial charge in [0.15, 0.2) is 0 Å². The first-order valence-electron chi connectivity index (χ1n) is 7.08. The minimum Gasteiger partial charge on any atom is -0.481 e. The Balaban J connectivity index is 2.54. The molecule has 8 nitrogen and oxygen atoms in total. The number of nitrogens with zero attached hydrogens (tertiary/aromatic N) is 1. The van der Waals surface area contributed by atoms with Crippen molar-refractivity contribution in [3.63, 3.8) is 0 Å². The highest BCUT2D eigenvalue weighted by Crippen LogP contribution is 2.26. The molecular formula is C14H24N2O6. The summed E-state index contributed by atoms with van der Waals surface area (Å²) in [6, 6.07) is 0. The fourth-order valence-electron chi connectivity index (χ4n) is 2.25. The van der Waals surface area contributed by atoms with Crippen LogP contribution in [0.3, 0.4) is 0 Å². The molecule has 126 valence electrons. The van der Waals surface area contributed by atoms with Crippen molar-refractivity contribution in [3.8, 4) is 0 Å². The molecule has 1 aliphatic rings. The van der Waals surface area contributed by atoms with Gasteiger partial charge in [0.05, 0.1) is 25.5 Å². The van der Waals surface area contributed by atoms with Crippen LogP contribution in [-0.4, -0.2) is 65.9 Å². The molecule has 1 fully saturated rings. The lowest BCUT2D eigenvalue weighted by molar-refractivity contribution is -0.141. The van der Waals surface area contributed by atoms with E-state index in [1.165, 1.54) is 12.0 Å². The minimum atomic E-state index is -0.964. The van der Waals surface area contributed by atoms with Gasteiger partial charge in [-0.25, -0.2) is 4.79 Å². The van der Waals surface area contributed by atoms with Crippen LogP contribution in [0.25, 0.3) is 0 Å². The van der Waals surface area contributed by atoms with Crippen molar-refractivity contribution in [1.29, 1.82) is 0 Å². The normalized spacial score (nSPS) is 16.6. The number of esters is 1. The standard InChI is InChI=1S/C14H24N2O6/c1-13(2,3)22-12(20)16-8-14(9-16,7-10(17)18)15-6-5-11(19)21-4/h15H,5-9H2,1-4H3,(H,17,18). The topological polar surface area (TPSA) is 105 Å². The largest absolute Gasteiger partial charge is 0.481 e. The number of amides is 1. The van der Waals surface area contributed by atoms with Crippen LogP contribution in [0.15, 0.2) is 0 Å². The van der Waals surface area contributed by atoms with Gasteiger partial charge in [-0.1, -0.05) is 0 Å². The number of carbonyl (C=O) groups excluding carboxylic acids is 2. The molecule has 1 saturated heterocycles. The van der Waals surface area contributed by atoms with Gasteiger partial charge in [0.2, 0.25) is 0 Å². The quantitative estimate of drug-likeness (QED) is 0.691. The van der Waals surface area contributed by atoms with E-state index in [0.29, 0.717) is 6.54 Å². The highest BCUT2D eigenvalue weighted by molar-refractivity contribution is 5.73. The number of carbonyl (C=O) groups is 3. The Kier molecular flexibility index (Phi) is 5.76. The molecule has 0 unspecified atom stereocenters. The fourth-order valence-corrected chi connectivity index (χ4v) is 2.25. The first kappa shape index (κ1) is 18.2. The zero-order chi connectivity index (χ0) is 17.0. The van der Waals surface area contributed by atoms with E-state index in [1.807, 2.05) is 0 Å². The zero-order valence-corrected chi connectivity index (χ0v) is 13.5. The van der Waals surface area contributed by atoms with E-state index in [9.17, 15) is 14.4 Å². The molecule has 1 heterocycles. The summed E-state index contributed by atoms with van der Waals surface area (Å²) in [6.07, 6.45) is -0.458. The summed E-state index contributed by atoms with van der Waals surface area (Å²) in [5.74, 6) is -1.34. The molecule has 0 bridgehead atoms. The van der Waals surface area contributed by atoms with Gasteiger partial charge in [-0.3, -0.25) is 9.59 Å². The summed E-state index contributed by atoms with van der Waals surface area (Å²) in [5, 5.41) is 12.1. The Bertz CT molecular complexity index is 437. The van der Waals surface area contributed by atoms with Crippen LogP contribution >= 0.6 is 0 Å². The van der Waals surface area contributed by atoms with Crippen LogP contribution < -0.4 is 5.32 Å². The van der Waals surface area contributed by atoms with Crippen LogP contribution in [0.5, 0.6) is 0 Å². The zero-order valence-electron chi connectivity index (χ0n) is 13.5. The van der Waals surface area contributed by atoms with E-state index < -0.39 is 23.2 Å². The molecule has 8 heteroatoms. The van der Waals surface area contributed by atoms with E-state index in [2.05, 4.69) is 10.1 Å². The van der Waals surface area contributed by atoms with Crippen molar-refractivity contribution in [1.82, 2.24) is 10.2 Å². The van der Waals surface area contributed by atoms with Crippen LogP contribution in [0.1, 0.15) is 33.6 Å². The van der Waals surface area contributed by atoms with E-state index >= 15 is 0 Å². The average Bonchev–Trinajstić information content (AvgIpc) is 2.31. The molecule has 1 aliphatic heterocycles. The Labute approximate surface area is 129 Å². The first-order chi connectivity index (χ1) is 10.1. The number of hydrogen-bond donors (Lipinski definition) is 2. The SMILES string of the molecule is COC(=O)CCNC1(CC(=O)O)CN(C(=O)OC(C)(C)C)C1. The van der Waals surface area contributed by atoms with Gasteiger partial charge in [-0.2, -0.15) is 0 Å². The van der Waals surface area contributed by atoms with Gasteiger partial charge in [0.1, 0.15) is 5.60 Å². The van der Waals surface area contributed by atoms with Gasteiger partial charge < -0.3 is 24.8 Å². The molecule has 0 radical (unpaired) electrons. The maximum atomic E-state index is 11.9. The lowest BCUT2D eigenvalue weighted by atomic mass is 9.86. The van der Waals surface area contributed by atoms with Crippen LogP contribution in [0.4, 0.5) is 4.79 Å². The Morgan fingerprint density at radius 2 is 1.86 bits per heavy atom. The number of carboxylic acid groups (broad SMARTS) is 1. The molecule has 0 saturated carbocycles. The Morgan fingerprint density at radius 3 is 2.32 bits per heavy atom. The third kappa shape index (κ3) is 5.51. The van der Waals surface area contributed by atoms with Gasteiger partial charge in [0, 0.05) is 19.6 Å². The average molecular weight is 316 g/mol. The maximum absolute atomic E-state index is 11.9. The summed E-state index contributed by atoms with van der Waals surface area (Å²) in [5.41, 5.74) is -1.32. The van der Waals surface area contributed by atoms with Crippen LogP contribution in [-0.2, 0) is 19.1 Å². The van der Waals surface area contributed by atoms with Crippen molar-refractivity contribution >= 4 is 18.0 Å².